The number of hydrogen-bond acceptors (Lipinski definition) is 6. The van der Waals surface area contributed by atoms with Crippen LogP contribution in [0.4, 0.5) is 10.6 Å². The van der Waals surface area contributed by atoms with Crippen LogP contribution in [0.5, 0.6) is 0 Å². The smallest absolute Gasteiger partial charge is 0.315 e. The third kappa shape index (κ3) is 5.79. The number of morpholine rings is 2. The van der Waals surface area contributed by atoms with Crippen molar-refractivity contribution in [3.8, 4) is 0 Å². The van der Waals surface area contributed by atoms with Gasteiger partial charge in [0, 0.05) is 51.0 Å². The van der Waals surface area contributed by atoms with Gasteiger partial charge in [0.1, 0.15) is 5.82 Å². The monoisotopic (exact) mass is 377 g/mol. The Morgan fingerprint density at radius 1 is 1.11 bits per heavy atom. The van der Waals surface area contributed by atoms with Gasteiger partial charge in [-0.3, -0.25) is 4.90 Å². The number of amides is 2. The normalized spacial score (nSPS) is 19.0. The van der Waals surface area contributed by atoms with E-state index in [2.05, 4.69) is 39.3 Å². The Labute approximate surface area is 161 Å². The highest BCUT2D eigenvalue weighted by Crippen LogP contribution is 2.16. The average Bonchev–Trinajstić information content (AvgIpc) is 2.72. The number of urea groups is 1. The van der Waals surface area contributed by atoms with E-state index in [0.29, 0.717) is 13.1 Å². The van der Waals surface area contributed by atoms with Crippen molar-refractivity contribution in [2.24, 2.45) is 0 Å². The number of hydrogen-bond donors (Lipinski definition) is 2. The van der Waals surface area contributed by atoms with E-state index in [1.807, 2.05) is 12.1 Å². The molecule has 2 fully saturated rings. The Kier molecular flexibility index (Phi) is 6.87. The van der Waals surface area contributed by atoms with Crippen molar-refractivity contribution in [3.05, 3.63) is 23.9 Å². The van der Waals surface area contributed by atoms with Crippen LogP contribution >= 0.6 is 0 Å². The maximum atomic E-state index is 12.2. The van der Waals surface area contributed by atoms with E-state index in [1.54, 1.807) is 6.20 Å². The van der Waals surface area contributed by atoms with Crippen LogP contribution in [0.1, 0.15) is 19.4 Å². The first-order valence-electron chi connectivity index (χ1n) is 9.67. The minimum Gasteiger partial charge on any atom is -0.379 e. The predicted molar refractivity (Wildman–Crippen MR) is 104 cm³/mol. The molecule has 150 valence electrons. The molecule has 3 heterocycles. The lowest BCUT2D eigenvalue weighted by atomic mass is 10.0. The van der Waals surface area contributed by atoms with Crippen LogP contribution < -0.4 is 15.5 Å². The lowest BCUT2D eigenvalue weighted by molar-refractivity contribution is -0.00874. The van der Waals surface area contributed by atoms with Crippen molar-refractivity contribution in [1.82, 2.24) is 20.5 Å². The molecular formula is C19H31N5O3. The zero-order valence-electron chi connectivity index (χ0n) is 16.4. The highest BCUT2D eigenvalue weighted by molar-refractivity contribution is 5.73. The van der Waals surface area contributed by atoms with Crippen LogP contribution in [0.15, 0.2) is 18.3 Å². The van der Waals surface area contributed by atoms with Crippen LogP contribution in [0, 0.1) is 0 Å². The maximum absolute atomic E-state index is 12.2. The fourth-order valence-electron chi connectivity index (χ4n) is 3.36. The molecule has 0 bridgehead atoms. The van der Waals surface area contributed by atoms with Crippen LogP contribution in [0.2, 0.25) is 0 Å². The van der Waals surface area contributed by atoms with Crippen molar-refractivity contribution >= 4 is 11.8 Å². The van der Waals surface area contributed by atoms with Crippen LogP contribution in [0.3, 0.4) is 0 Å². The third-order valence-electron chi connectivity index (χ3n) is 5.15. The summed E-state index contributed by atoms with van der Waals surface area (Å²) in [6.07, 6.45) is 1.79. The summed E-state index contributed by atoms with van der Waals surface area (Å²) in [6.45, 7) is 11.8. The van der Waals surface area contributed by atoms with Gasteiger partial charge in [0.15, 0.2) is 0 Å². The van der Waals surface area contributed by atoms with Gasteiger partial charge >= 0.3 is 6.03 Å². The topological polar surface area (TPSA) is 79.0 Å². The summed E-state index contributed by atoms with van der Waals surface area (Å²) in [4.78, 5) is 21.2. The second-order valence-corrected chi connectivity index (χ2v) is 7.57. The molecule has 0 spiro atoms. The molecule has 27 heavy (non-hydrogen) atoms. The van der Waals surface area contributed by atoms with Gasteiger partial charge in [-0.25, -0.2) is 9.78 Å². The lowest BCUT2D eigenvalue weighted by Gasteiger charge is -2.40. The predicted octanol–water partition coefficient (Wildman–Crippen LogP) is 0.828. The number of anilines is 1. The second-order valence-electron chi connectivity index (χ2n) is 7.57. The first-order valence-corrected chi connectivity index (χ1v) is 9.67. The molecule has 0 atom stereocenters. The van der Waals surface area contributed by atoms with Gasteiger partial charge in [0.05, 0.1) is 26.4 Å². The molecule has 3 rings (SSSR count). The quantitative estimate of drug-likeness (QED) is 0.765. The van der Waals surface area contributed by atoms with Crippen LogP contribution in [-0.4, -0.2) is 80.6 Å². The van der Waals surface area contributed by atoms with E-state index < -0.39 is 0 Å². The van der Waals surface area contributed by atoms with E-state index in [-0.39, 0.29) is 11.6 Å². The molecule has 2 aliphatic heterocycles. The zero-order chi connectivity index (χ0) is 19.1. The van der Waals surface area contributed by atoms with Gasteiger partial charge < -0.3 is 25.0 Å². The standard InChI is InChI=1S/C19H31N5O3/c1-19(2,24-7-11-27-12-8-24)15-22-18(25)21-14-16-3-4-20-17(13-16)23-5-9-26-10-6-23/h3-4,13H,5-12,14-15H2,1-2H3,(H2,21,22,25). The average molecular weight is 377 g/mol. The van der Waals surface area contributed by atoms with Gasteiger partial charge in [-0.2, -0.15) is 0 Å². The zero-order valence-corrected chi connectivity index (χ0v) is 16.4. The SMILES string of the molecule is CC(C)(CNC(=O)NCc1ccnc(N2CCOCC2)c1)N1CCOCC1. The van der Waals surface area contributed by atoms with Gasteiger partial charge in [-0.1, -0.05) is 0 Å². The summed E-state index contributed by atoms with van der Waals surface area (Å²) >= 11 is 0. The van der Waals surface area contributed by atoms with Crippen LogP contribution in [-0.2, 0) is 16.0 Å². The number of carbonyl (C=O) groups excluding carboxylic acids is 1. The largest absolute Gasteiger partial charge is 0.379 e. The van der Waals surface area contributed by atoms with Gasteiger partial charge in [0.25, 0.3) is 0 Å². The molecule has 0 aromatic carbocycles. The highest BCUT2D eigenvalue weighted by Gasteiger charge is 2.28. The third-order valence-corrected chi connectivity index (χ3v) is 5.15. The van der Waals surface area contributed by atoms with E-state index in [9.17, 15) is 4.79 Å². The molecule has 2 saturated heterocycles. The molecule has 2 amide bonds. The molecule has 1 aromatic heterocycles. The van der Waals surface area contributed by atoms with Crippen molar-refractivity contribution in [2.75, 3.05) is 64.1 Å². The molecule has 8 heteroatoms. The molecule has 0 unspecified atom stereocenters. The number of aromatic nitrogens is 1. The summed E-state index contributed by atoms with van der Waals surface area (Å²) in [5, 5.41) is 5.93. The Morgan fingerprint density at radius 2 is 1.78 bits per heavy atom. The molecule has 0 saturated carbocycles. The van der Waals surface area contributed by atoms with E-state index in [0.717, 1.165) is 64.0 Å². The summed E-state index contributed by atoms with van der Waals surface area (Å²) in [5.41, 5.74) is 0.940. The van der Waals surface area contributed by atoms with E-state index in [1.165, 1.54) is 0 Å². The fourth-order valence-corrected chi connectivity index (χ4v) is 3.36. The van der Waals surface area contributed by atoms with Crippen LogP contribution in [0.25, 0.3) is 0 Å². The van der Waals surface area contributed by atoms with E-state index >= 15 is 0 Å². The van der Waals surface area contributed by atoms with E-state index in [4.69, 9.17) is 9.47 Å². The van der Waals surface area contributed by atoms with Gasteiger partial charge in [0.2, 0.25) is 0 Å². The fraction of sp³-hybridized carbons (Fsp3) is 0.684. The molecule has 2 N–H and O–H groups in total. The first-order chi connectivity index (χ1) is 13.0. The van der Waals surface area contributed by atoms with Crippen molar-refractivity contribution < 1.29 is 14.3 Å². The summed E-state index contributed by atoms with van der Waals surface area (Å²) in [5.74, 6) is 0.937. The van der Waals surface area contributed by atoms with Crippen molar-refractivity contribution in [3.63, 3.8) is 0 Å². The Hall–Kier alpha value is -1.90. The number of nitrogens with one attached hydrogen (secondary N) is 2. The molecule has 1 aromatic rings. The Bertz CT molecular complexity index is 613. The van der Waals surface area contributed by atoms with Gasteiger partial charge in [-0.15, -0.1) is 0 Å². The summed E-state index contributed by atoms with van der Waals surface area (Å²) in [6, 6.07) is 3.81. The number of pyridine rings is 1. The van der Waals surface area contributed by atoms with Crippen molar-refractivity contribution in [2.45, 2.75) is 25.9 Å². The first kappa shape index (κ1) is 19.9. The number of rotatable bonds is 6. The highest BCUT2D eigenvalue weighted by atomic mass is 16.5. The molecule has 8 nitrogen and oxygen atoms in total. The van der Waals surface area contributed by atoms with Gasteiger partial charge in [-0.05, 0) is 31.5 Å². The molecular weight excluding hydrogens is 346 g/mol. The minimum absolute atomic E-state index is 0.0959. The Balaban J connectivity index is 1.44. The van der Waals surface area contributed by atoms with Crippen molar-refractivity contribution in [1.29, 1.82) is 0 Å². The molecule has 0 radical (unpaired) electrons. The molecule has 2 aliphatic rings. The lowest BCUT2D eigenvalue weighted by Crippen LogP contribution is -2.56. The number of ether oxygens (including phenoxy) is 2. The summed E-state index contributed by atoms with van der Waals surface area (Å²) < 4.78 is 10.8. The summed E-state index contributed by atoms with van der Waals surface area (Å²) in [7, 11) is 0. The second kappa shape index (κ2) is 9.34. The number of nitrogens with zero attached hydrogens (tertiary/aromatic N) is 3. The molecule has 0 aliphatic carbocycles. The number of carbonyl (C=O) groups is 1. The Morgan fingerprint density at radius 3 is 2.48 bits per heavy atom. The minimum atomic E-state index is -0.152. The maximum Gasteiger partial charge on any atom is 0.315 e.